The lowest BCUT2D eigenvalue weighted by Gasteiger charge is -2.09. The van der Waals surface area contributed by atoms with E-state index in [9.17, 15) is 4.79 Å². The van der Waals surface area contributed by atoms with Crippen molar-refractivity contribution >= 4 is 23.9 Å². The molecule has 1 N–H and O–H groups in total. The number of hydrogen-bond donors (Lipinski definition) is 1. The Labute approximate surface area is 150 Å². The van der Waals surface area contributed by atoms with Gasteiger partial charge in [0.2, 0.25) is 0 Å². The van der Waals surface area contributed by atoms with Crippen LogP contribution in [-0.2, 0) is 4.79 Å². The van der Waals surface area contributed by atoms with Gasteiger partial charge in [0.05, 0.1) is 26.2 Å². The Morgan fingerprint density at radius 2 is 1.96 bits per heavy atom. The number of carbonyl (C=O) groups is 1. The number of thioether (sulfide) groups is 1. The monoisotopic (exact) mass is 360 g/mol. The van der Waals surface area contributed by atoms with E-state index in [1.54, 1.807) is 20.3 Å². The highest BCUT2D eigenvalue weighted by atomic mass is 32.2. The first kappa shape index (κ1) is 18.7. The van der Waals surface area contributed by atoms with Gasteiger partial charge in [0.15, 0.2) is 16.7 Å². The number of hydrogen-bond acceptors (Lipinski definition) is 7. The molecular formula is C17H20N4O3S. The van der Waals surface area contributed by atoms with Gasteiger partial charge in [0, 0.05) is 17.0 Å². The number of ether oxygens (including phenoxy) is 2. The van der Waals surface area contributed by atoms with E-state index in [1.807, 2.05) is 32.0 Å². The summed E-state index contributed by atoms with van der Waals surface area (Å²) in [4.78, 5) is 20.5. The van der Waals surface area contributed by atoms with Crippen molar-refractivity contribution in [2.45, 2.75) is 19.0 Å². The highest BCUT2D eigenvalue weighted by Crippen LogP contribution is 2.29. The Kier molecular flexibility index (Phi) is 6.76. The van der Waals surface area contributed by atoms with Gasteiger partial charge in [-0.3, -0.25) is 4.79 Å². The zero-order valence-electron chi connectivity index (χ0n) is 14.6. The minimum absolute atomic E-state index is 0.176. The Hall–Kier alpha value is -2.61. The second-order valence-electron chi connectivity index (χ2n) is 5.10. The molecule has 0 bridgehead atoms. The molecule has 7 nitrogen and oxygen atoms in total. The van der Waals surface area contributed by atoms with Crippen LogP contribution in [0.25, 0.3) is 0 Å². The van der Waals surface area contributed by atoms with E-state index < -0.39 is 0 Å². The largest absolute Gasteiger partial charge is 0.493 e. The van der Waals surface area contributed by atoms with E-state index in [4.69, 9.17) is 9.47 Å². The molecule has 0 aliphatic rings. The smallest absolute Gasteiger partial charge is 0.250 e. The third kappa shape index (κ3) is 5.46. The molecule has 0 spiro atoms. The third-order valence-corrected chi connectivity index (χ3v) is 3.97. The van der Waals surface area contributed by atoms with Gasteiger partial charge in [-0.05, 0) is 32.0 Å². The highest BCUT2D eigenvalue weighted by Gasteiger charge is 2.08. The molecule has 25 heavy (non-hydrogen) atoms. The average Bonchev–Trinajstić information content (AvgIpc) is 2.58. The summed E-state index contributed by atoms with van der Waals surface area (Å²) in [6.07, 6.45) is 1.51. The topological polar surface area (TPSA) is 85.7 Å². The predicted molar refractivity (Wildman–Crippen MR) is 97.5 cm³/mol. The lowest BCUT2D eigenvalue weighted by molar-refractivity contribution is -0.118. The first-order valence-corrected chi connectivity index (χ1v) is 8.50. The third-order valence-electron chi connectivity index (χ3n) is 3.12. The van der Waals surface area contributed by atoms with Crippen molar-refractivity contribution in [3.63, 3.8) is 0 Å². The molecule has 0 saturated carbocycles. The van der Waals surface area contributed by atoms with E-state index in [1.165, 1.54) is 18.0 Å². The predicted octanol–water partition coefficient (Wildman–Crippen LogP) is 2.35. The molecule has 2 rings (SSSR count). The summed E-state index contributed by atoms with van der Waals surface area (Å²) >= 11 is 1.26. The molecule has 8 heteroatoms. The number of hydrazone groups is 1. The number of benzene rings is 1. The second-order valence-corrected chi connectivity index (χ2v) is 6.04. The molecule has 0 fully saturated rings. The molecule has 1 heterocycles. The summed E-state index contributed by atoms with van der Waals surface area (Å²) in [5.74, 6) is 1.09. The molecule has 2 aromatic rings. The molecule has 0 aliphatic carbocycles. The van der Waals surface area contributed by atoms with Gasteiger partial charge >= 0.3 is 0 Å². The molecular weight excluding hydrogens is 340 g/mol. The second kappa shape index (κ2) is 9.03. The molecule has 0 atom stereocenters. The quantitative estimate of drug-likeness (QED) is 0.353. The number of para-hydroxylation sites is 1. The van der Waals surface area contributed by atoms with Crippen molar-refractivity contribution in [3.05, 3.63) is 41.2 Å². The fourth-order valence-electron chi connectivity index (χ4n) is 2.11. The van der Waals surface area contributed by atoms with Crippen molar-refractivity contribution in [3.8, 4) is 11.5 Å². The molecule has 0 aliphatic heterocycles. The Morgan fingerprint density at radius 3 is 2.60 bits per heavy atom. The Morgan fingerprint density at radius 1 is 1.24 bits per heavy atom. The fraction of sp³-hybridized carbons (Fsp3) is 0.294. The number of aryl methyl sites for hydroxylation is 2. The number of amides is 1. The van der Waals surface area contributed by atoms with Gasteiger partial charge in [-0.2, -0.15) is 5.10 Å². The molecule has 0 unspecified atom stereocenters. The van der Waals surface area contributed by atoms with Crippen LogP contribution in [0.1, 0.15) is 17.0 Å². The highest BCUT2D eigenvalue weighted by molar-refractivity contribution is 7.99. The SMILES string of the molecule is COc1cccc(/C=N\NC(=O)CSc2nc(C)cc(C)n2)c1OC. The molecule has 1 aromatic heterocycles. The maximum Gasteiger partial charge on any atom is 0.250 e. The van der Waals surface area contributed by atoms with E-state index in [2.05, 4.69) is 20.5 Å². The molecule has 0 saturated heterocycles. The van der Waals surface area contributed by atoms with Gasteiger partial charge in [-0.1, -0.05) is 17.8 Å². The summed E-state index contributed by atoms with van der Waals surface area (Å²) in [7, 11) is 3.11. The number of methoxy groups -OCH3 is 2. The molecule has 0 radical (unpaired) electrons. The number of aromatic nitrogens is 2. The molecule has 1 amide bonds. The van der Waals surface area contributed by atoms with E-state index in [-0.39, 0.29) is 11.7 Å². The lowest BCUT2D eigenvalue weighted by atomic mass is 10.2. The number of nitrogens with zero attached hydrogens (tertiary/aromatic N) is 3. The van der Waals surface area contributed by atoms with Gasteiger partial charge < -0.3 is 9.47 Å². The van der Waals surface area contributed by atoms with Crippen molar-refractivity contribution in [1.82, 2.24) is 15.4 Å². The van der Waals surface area contributed by atoms with Crippen LogP contribution in [0.2, 0.25) is 0 Å². The number of carbonyl (C=O) groups excluding carboxylic acids is 1. The number of rotatable bonds is 7. The van der Waals surface area contributed by atoms with E-state index in [0.717, 1.165) is 11.4 Å². The van der Waals surface area contributed by atoms with Crippen LogP contribution in [0.4, 0.5) is 0 Å². The van der Waals surface area contributed by atoms with E-state index in [0.29, 0.717) is 22.2 Å². The summed E-state index contributed by atoms with van der Waals surface area (Å²) < 4.78 is 10.5. The van der Waals surface area contributed by atoms with Crippen LogP contribution >= 0.6 is 11.8 Å². The van der Waals surface area contributed by atoms with Crippen molar-refractivity contribution in [1.29, 1.82) is 0 Å². The van der Waals surface area contributed by atoms with Crippen LogP contribution in [-0.4, -0.2) is 42.1 Å². The summed E-state index contributed by atoms with van der Waals surface area (Å²) in [5.41, 5.74) is 4.93. The molecule has 132 valence electrons. The van der Waals surface area contributed by atoms with Crippen molar-refractivity contribution < 1.29 is 14.3 Å². The van der Waals surface area contributed by atoms with Crippen LogP contribution in [0.15, 0.2) is 34.5 Å². The van der Waals surface area contributed by atoms with Crippen LogP contribution in [0.5, 0.6) is 11.5 Å². The zero-order chi connectivity index (χ0) is 18.2. The minimum Gasteiger partial charge on any atom is -0.493 e. The van der Waals surface area contributed by atoms with Gasteiger partial charge in [-0.15, -0.1) is 0 Å². The van der Waals surface area contributed by atoms with Gasteiger partial charge in [-0.25, -0.2) is 15.4 Å². The summed E-state index contributed by atoms with van der Waals surface area (Å²) in [5, 5.41) is 4.53. The van der Waals surface area contributed by atoms with E-state index >= 15 is 0 Å². The lowest BCUT2D eigenvalue weighted by Crippen LogP contribution is -2.20. The Balaban J connectivity index is 1.92. The van der Waals surface area contributed by atoms with Crippen LogP contribution in [0, 0.1) is 13.8 Å². The zero-order valence-corrected chi connectivity index (χ0v) is 15.4. The summed E-state index contributed by atoms with van der Waals surface area (Å²) in [6.45, 7) is 3.79. The van der Waals surface area contributed by atoms with Crippen LogP contribution in [0.3, 0.4) is 0 Å². The standard InChI is InChI=1S/C17H20N4O3S/c1-11-8-12(2)20-17(19-11)25-10-15(22)21-18-9-13-6-5-7-14(23-3)16(13)24-4/h5-9H,10H2,1-4H3,(H,21,22)/b18-9-. The normalized spacial score (nSPS) is 10.7. The summed E-state index contributed by atoms with van der Waals surface area (Å²) in [6, 6.07) is 7.30. The van der Waals surface area contributed by atoms with Gasteiger partial charge in [0.1, 0.15) is 0 Å². The maximum absolute atomic E-state index is 11.9. The minimum atomic E-state index is -0.245. The average molecular weight is 360 g/mol. The Bertz CT molecular complexity index is 760. The van der Waals surface area contributed by atoms with Crippen molar-refractivity contribution in [2.24, 2.45) is 5.10 Å². The van der Waals surface area contributed by atoms with Crippen LogP contribution < -0.4 is 14.9 Å². The number of nitrogens with one attached hydrogen (secondary N) is 1. The first-order valence-electron chi connectivity index (χ1n) is 7.51. The molecule has 1 aromatic carbocycles. The van der Waals surface area contributed by atoms with Gasteiger partial charge in [0.25, 0.3) is 5.91 Å². The maximum atomic E-state index is 11.9. The van der Waals surface area contributed by atoms with Crippen molar-refractivity contribution in [2.75, 3.05) is 20.0 Å². The fourth-order valence-corrected chi connectivity index (χ4v) is 2.85. The first-order chi connectivity index (χ1) is 12.0.